The molecule has 0 radical (unpaired) electrons. The molecule has 3 nitrogen and oxygen atoms in total. The van der Waals surface area contributed by atoms with Gasteiger partial charge in [-0.1, -0.05) is 65.5 Å². The van der Waals surface area contributed by atoms with Gasteiger partial charge in [-0.05, 0) is 16.6 Å². The van der Waals surface area contributed by atoms with Gasteiger partial charge in [-0.3, -0.25) is 4.79 Å². The first-order chi connectivity index (χ1) is 9.68. The van der Waals surface area contributed by atoms with Crippen LogP contribution in [-0.2, 0) is 9.53 Å². The molecule has 0 aliphatic carbocycles. The third-order valence-corrected chi connectivity index (χ3v) is 11.3. The van der Waals surface area contributed by atoms with Crippen LogP contribution in [0.25, 0.3) is 0 Å². The molecule has 0 rings (SSSR count). The molecule has 1 atom stereocenters. The fraction of sp³-hybridized carbons (Fsp3) is 0.706. The van der Waals surface area contributed by atoms with E-state index in [1.807, 2.05) is 12.2 Å². The van der Waals surface area contributed by atoms with Crippen LogP contribution in [0.1, 0.15) is 48.0 Å². The Morgan fingerprint density at radius 1 is 1.05 bits per heavy atom. The maximum Gasteiger partial charge on any atom is 0.306 e. The van der Waals surface area contributed by atoms with E-state index >= 15 is 0 Å². The van der Waals surface area contributed by atoms with Crippen molar-refractivity contribution in [2.45, 2.75) is 70.7 Å². The summed E-state index contributed by atoms with van der Waals surface area (Å²) >= 11 is 0. The van der Waals surface area contributed by atoms with E-state index in [0.29, 0.717) is 16.6 Å². The number of carbonyl (C=O) groups is 1. The summed E-state index contributed by atoms with van der Waals surface area (Å²) in [5.41, 5.74) is 4.45. The number of hydrogen-bond acceptors (Lipinski definition) is 2. The molecule has 122 valence electrons. The number of aliphatic carboxylic acids is 1. The number of allylic oxidation sites excluding steroid dienone is 2. The zero-order chi connectivity index (χ0) is 16.6. The normalized spacial score (nSPS) is 15.0. The summed E-state index contributed by atoms with van der Waals surface area (Å²) in [4.78, 5) is 10.7. The Labute approximate surface area is 131 Å². The van der Waals surface area contributed by atoms with Gasteiger partial charge in [0.15, 0.2) is 0 Å². The lowest BCUT2D eigenvalue weighted by Crippen LogP contribution is -2.42. The van der Waals surface area contributed by atoms with Gasteiger partial charge in [0.05, 0.1) is 20.6 Å². The van der Waals surface area contributed by atoms with Gasteiger partial charge in [0, 0.05) is 7.11 Å². The Kier molecular flexibility index (Phi) is 8.82. The Bertz CT molecular complexity index is 348. The van der Waals surface area contributed by atoms with Gasteiger partial charge >= 0.3 is 5.97 Å². The first kappa shape index (κ1) is 20.1. The number of rotatable bonds is 9. The molecule has 0 aromatic carbocycles. The lowest BCUT2D eigenvalue weighted by molar-refractivity contribution is -0.138. The van der Waals surface area contributed by atoms with Crippen molar-refractivity contribution in [2.24, 2.45) is 0 Å². The average Bonchev–Trinajstić information content (AvgIpc) is 2.35. The molecule has 0 fully saturated rings. The highest BCUT2D eigenvalue weighted by Crippen LogP contribution is 2.42. The van der Waals surface area contributed by atoms with Gasteiger partial charge in [0.2, 0.25) is 0 Å². The minimum Gasteiger partial charge on any atom is -0.481 e. The summed E-state index contributed by atoms with van der Waals surface area (Å²) < 4.78 is 5.15. The van der Waals surface area contributed by atoms with E-state index in [1.54, 1.807) is 0 Å². The molecule has 1 N–H and O–H groups in total. The smallest absolute Gasteiger partial charge is 0.306 e. The Morgan fingerprint density at radius 3 is 1.86 bits per heavy atom. The molecule has 1 unspecified atom stereocenters. The fourth-order valence-corrected chi connectivity index (χ4v) is 8.99. The van der Waals surface area contributed by atoms with Crippen molar-refractivity contribution < 1.29 is 14.6 Å². The second kappa shape index (κ2) is 9.21. The van der Waals surface area contributed by atoms with Crippen molar-refractivity contribution in [3.05, 3.63) is 23.9 Å². The molecule has 0 spiro atoms. The first-order valence-electron chi connectivity index (χ1n) is 7.79. The summed E-state index contributed by atoms with van der Waals surface area (Å²) in [6.07, 6.45) is 5.50. The molecule has 0 aliphatic rings. The molecule has 0 aromatic rings. The third kappa shape index (κ3) is 5.79. The Hall–Kier alpha value is -0.873. The molecule has 0 aromatic heterocycles. The third-order valence-electron chi connectivity index (χ3n) is 4.50. The predicted molar refractivity (Wildman–Crippen MR) is 92.4 cm³/mol. The van der Waals surface area contributed by atoms with Gasteiger partial charge in [-0.15, -0.1) is 0 Å². The Morgan fingerprint density at radius 2 is 1.52 bits per heavy atom. The Balaban J connectivity index is 5.06. The SMILES string of the molecule is COC(C=C/C=C\[Si](C(C)C)(C(C)C)C(C)C)CC(=O)O. The first-order valence-corrected chi connectivity index (χ1v) is 10.1. The summed E-state index contributed by atoms with van der Waals surface area (Å²) in [6.45, 7) is 13.9. The average molecular weight is 313 g/mol. The minimum atomic E-state index is -1.53. The molecule has 0 heterocycles. The van der Waals surface area contributed by atoms with E-state index in [4.69, 9.17) is 9.84 Å². The van der Waals surface area contributed by atoms with Crippen molar-refractivity contribution in [1.29, 1.82) is 0 Å². The quantitative estimate of drug-likeness (QED) is 0.491. The van der Waals surface area contributed by atoms with E-state index in [0.717, 1.165) is 0 Å². The van der Waals surface area contributed by atoms with E-state index in [-0.39, 0.29) is 12.5 Å². The van der Waals surface area contributed by atoms with Crippen molar-refractivity contribution in [3.8, 4) is 0 Å². The van der Waals surface area contributed by atoms with E-state index in [9.17, 15) is 4.79 Å². The maximum absolute atomic E-state index is 10.7. The number of carboxylic acid groups (broad SMARTS) is 1. The molecule has 0 bridgehead atoms. The topological polar surface area (TPSA) is 46.5 Å². The van der Waals surface area contributed by atoms with Crippen LogP contribution in [0.5, 0.6) is 0 Å². The van der Waals surface area contributed by atoms with Gasteiger partial charge in [0.1, 0.15) is 0 Å². The lowest BCUT2D eigenvalue weighted by atomic mass is 10.2. The maximum atomic E-state index is 10.7. The second-order valence-corrected chi connectivity index (χ2v) is 12.4. The van der Waals surface area contributed by atoms with Gasteiger partial charge in [-0.25, -0.2) is 0 Å². The predicted octanol–water partition coefficient (Wildman–Crippen LogP) is 4.81. The number of methoxy groups -OCH3 is 1. The van der Waals surface area contributed by atoms with E-state index in [2.05, 4.69) is 53.3 Å². The van der Waals surface area contributed by atoms with Crippen LogP contribution in [0.4, 0.5) is 0 Å². The van der Waals surface area contributed by atoms with Gasteiger partial charge in [-0.2, -0.15) is 0 Å². The van der Waals surface area contributed by atoms with Crippen LogP contribution in [-0.4, -0.2) is 32.4 Å². The fourth-order valence-electron chi connectivity index (χ4n) is 3.39. The summed E-state index contributed by atoms with van der Waals surface area (Å²) in [5.74, 6) is -0.842. The van der Waals surface area contributed by atoms with Crippen LogP contribution >= 0.6 is 0 Å². The number of ether oxygens (including phenoxy) is 1. The monoisotopic (exact) mass is 312 g/mol. The highest BCUT2D eigenvalue weighted by molar-refractivity contribution is 6.88. The molecule has 4 heteroatoms. The van der Waals surface area contributed by atoms with Crippen molar-refractivity contribution >= 4 is 14.0 Å². The molecule has 0 aliphatic heterocycles. The largest absolute Gasteiger partial charge is 0.481 e. The zero-order valence-corrected chi connectivity index (χ0v) is 15.6. The van der Waals surface area contributed by atoms with Crippen molar-refractivity contribution in [2.75, 3.05) is 7.11 Å². The van der Waals surface area contributed by atoms with Gasteiger partial charge in [0.25, 0.3) is 0 Å². The van der Waals surface area contributed by atoms with Crippen molar-refractivity contribution in [1.82, 2.24) is 0 Å². The second-order valence-electron chi connectivity index (χ2n) is 6.58. The molecule has 0 amide bonds. The van der Waals surface area contributed by atoms with Crippen LogP contribution < -0.4 is 0 Å². The van der Waals surface area contributed by atoms with Crippen molar-refractivity contribution in [3.63, 3.8) is 0 Å². The zero-order valence-electron chi connectivity index (χ0n) is 14.6. The highest BCUT2D eigenvalue weighted by Gasteiger charge is 2.39. The van der Waals surface area contributed by atoms with Crippen LogP contribution in [0.3, 0.4) is 0 Å². The summed E-state index contributed by atoms with van der Waals surface area (Å²) in [5, 5.41) is 8.79. The minimum absolute atomic E-state index is 0.00194. The molecule has 0 saturated heterocycles. The molecule has 0 saturated carbocycles. The van der Waals surface area contributed by atoms with E-state index in [1.165, 1.54) is 7.11 Å². The van der Waals surface area contributed by atoms with Crippen LogP contribution in [0.15, 0.2) is 23.9 Å². The highest BCUT2D eigenvalue weighted by atomic mass is 28.3. The number of hydrogen-bond donors (Lipinski definition) is 1. The molecule has 21 heavy (non-hydrogen) atoms. The lowest BCUT2D eigenvalue weighted by Gasteiger charge is -2.40. The van der Waals surface area contributed by atoms with Gasteiger partial charge < -0.3 is 9.84 Å². The van der Waals surface area contributed by atoms with Crippen LogP contribution in [0.2, 0.25) is 16.6 Å². The summed E-state index contributed by atoms with van der Waals surface area (Å²) in [6, 6.07) is 0. The molecular weight excluding hydrogens is 280 g/mol. The number of carboxylic acids is 1. The van der Waals surface area contributed by atoms with Crippen LogP contribution in [0, 0.1) is 0 Å². The standard InChI is InChI=1S/C17H32O3Si/c1-13(2)21(14(3)4,15(5)6)11-9-8-10-16(20-7)12-17(18)19/h8-11,13-16H,12H2,1-7H3,(H,18,19)/b10-8?,11-9-. The summed E-state index contributed by atoms with van der Waals surface area (Å²) in [7, 11) is 0.00801. The van der Waals surface area contributed by atoms with E-state index < -0.39 is 14.0 Å². The molecular formula is C17H32O3Si.